The summed E-state index contributed by atoms with van der Waals surface area (Å²) in [6.45, 7) is 0.543. The Hall–Kier alpha value is -2.88. The normalized spacial score (nSPS) is 14.8. The van der Waals surface area contributed by atoms with Gasteiger partial charge in [0.15, 0.2) is 0 Å². The maximum absolute atomic E-state index is 13.2. The summed E-state index contributed by atoms with van der Waals surface area (Å²) in [4.78, 5) is 17.0. The fraction of sp³-hybridized carbons (Fsp3) is 0.333. The van der Waals surface area contributed by atoms with Gasteiger partial charge in [-0.1, -0.05) is 6.07 Å². The van der Waals surface area contributed by atoms with Gasteiger partial charge in [0.25, 0.3) is 0 Å². The molecule has 10 heteroatoms. The number of rotatable bonds is 5. The van der Waals surface area contributed by atoms with Crippen molar-refractivity contribution in [2.24, 2.45) is 10.7 Å². The van der Waals surface area contributed by atoms with Crippen LogP contribution in [-0.4, -0.2) is 25.2 Å². The van der Waals surface area contributed by atoms with Crippen LogP contribution in [0.15, 0.2) is 41.4 Å². The first-order chi connectivity index (χ1) is 14.5. The molecule has 0 bridgehead atoms. The summed E-state index contributed by atoms with van der Waals surface area (Å²) in [6, 6.07) is 6.23. The van der Waals surface area contributed by atoms with Crippen molar-refractivity contribution in [3.05, 3.63) is 64.2 Å². The fourth-order valence-corrected chi connectivity index (χ4v) is 3.39. The van der Waals surface area contributed by atoms with Gasteiger partial charge < -0.3 is 11.1 Å². The molecule has 1 aliphatic heterocycles. The number of nitrogens with one attached hydrogen (secondary N) is 1. The molecule has 3 rings (SSSR count). The molecule has 1 atom stereocenters. The first-order valence-electron chi connectivity index (χ1n) is 9.42. The largest absolute Gasteiger partial charge is 0.416 e. The summed E-state index contributed by atoms with van der Waals surface area (Å²) in [6.07, 6.45) is -7.75. The number of fused-ring (bicyclic) bond motifs is 1. The molecule has 0 fully saturated rings. The topological polar surface area (TPSA) is 67.5 Å². The van der Waals surface area contributed by atoms with Gasteiger partial charge in [0, 0.05) is 18.4 Å². The Morgan fingerprint density at radius 1 is 1.03 bits per heavy atom. The van der Waals surface area contributed by atoms with Gasteiger partial charge in [-0.25, -0.2) is 0 Å². The van der Waals surface area contributed by atoms with Crippen molar-refractivity contribution < 1.29 is 31.1 Å². The Labute approximate surface area is 174 Å². The van der Waals surface area contributed by atoms with Gasteiger partial charge in [-0.3, -0.25) is 9.79 Å². The number of benzene rings is 2. The lowest BCUT2D eigenvalue weighted by atomic mass is 9.91. The SMILES string of the molecule is NCCC(C(=O)Nc1ccc2c(c1)C=NCC2)c1cc(C(F)(F)F)cc(C(F)(F)F)c1. The first-order valence-corrected chi connectivity index (χ1v) is 9.42. The van der Waals surface area contributed by atoms with Gasteiger partial charge in [0.2, 0.25) is 5.91 Å². The Balaban J connectivity index is 1.96. The van der Waals surface area contributed by atoms with Crippen molar-refractivity contribution in [3.63, 3.8) is 0 Å². The quantitative estimate of drug-likeness (QED) is 0.654. The molecule has 0 aliphatic carbocycles. The number of carbonyl (C=O) groups excluding carboxylic acids is 1. The van der Waals surface area contributed by atoms with E-state index in [1.54, 1.807) is 24.4 Å². The van der Waals surface area contributed by atoms with Crippen LogP contribution in [0.2, 0.25) is 0 Å². The summed E-state index contributed by atoms with van der Waals surface area (Å²) in [5, 5.41) is 2.57. The highest BCUT2D eigenvalue weighted by Gasteiger charge is 2.38. The van der Waals surface area contributed by atoms with Crippen LogP contribution in [0.25, 0.3) is 0 Å². The second-order valence-corrected chi connectivity index (χ2v) is 7.16. The van der Waals surface area contributed by atoms with Crippen LogP contribution in [0.3, 0.4) is 0 Å². The van der Waals surface area contributed by atoms with Crippen molar-refractivity contribution in [1.29, 1.82) is 0 Å². The minimum Gasteiger partial charge on any atom is -0.330 e. The maximum atomic E-state index is 13.2. The zero-order valence-electron chi connectivity index (χ0n) is 16.1. The molecular formula is C21H19F6N3O. The number of hydrogen-bond acceptors (Lipinski definition) is 3. The van der Waals surface area contributed by atoms with Gasteiger partial charge in [-0.15, -0.1) is 0 Å². The van der Waals surface area contributed by atoms with E-state index >= 15 is 0 Å². The number of aliphatic imine (C=N–C) groups is 1. The summed E-state index contributed by atoms with van der Waals surface area (Å²) in [5.41, 5.74) is 4.33. The molecule has 166 valence electrons. The third-order valence-electron chi connectivity index (χ3n) is 4.94. The summed E-state index contributed by atoms with van der Waals surface area (Å²) in [7, 11) is 0. The van der Waals surface area contributed by atoms with E-state index in [2.05, 4.69) is 10.3 Å². The van der Waals surface area contributed by atoms with Crippen molar-refractivity contribution in [3.8, 4) is 0 Å². The monoisotopic (exact) mass is 443 g/mol. The Morgan fingerprint density at radius 2 is 1.68 bits per heavy atom. The van der Waals surface area contributed by atoms with Crippen LogP contribution >= 0.6 is 0 Å². The van der Waals surface area contributed by atoms with E-state index < -0.39 is 40.9 Å². The van der Waals surface area contributed by atoms with Gasteiger partial charge >= 0.3 is 12.4 Å². The van der Waals surface area contributed by atoms with Crippen molar-refractivity contribution >= 4 is 17.8 Å². The highest BCUT2D eigenvalue weighted by molar-refractivity contribution is 5.97. The molecule has 1 aliphatic rings. The number of hydrogen-bond donors (Lipinski definition) is 2. The number of nitrogens with zero attached hydrogens (tertiary/aromatic N) is 1. The average molecular weight is 443 g/mol. The molecule has 0 saturated heterocycles. The van der Waals surface area contributed by atoms with E-state index in [4.69, 9.17) is 5.73 Å². The third kappa shape index (κ3) is 5.43. The van der Waals surface area contributed by atoms with Gasteiger partial charge in [0.05, 0.1) is 17.0 Å². The predicted molar refractivity (Wildman–Crippen MR) is 104 cm³/mol. The zero-order valence-corrected chi connectivity index (χ0v) is 16.1. The summed E-state index contributed by atoms with van der Waals surface area (Å²) < 4.78 is 79.1. The third-order valence-corrected chi connectivity index (χ3v) is 4.94. The van der Waals surface area contributed by atoms with Crippen LogP contribution < -0.4 is 11.1 Å². The lowest BCUT2D eigenvalue weighted by molar-refractivity contribution is -0.143. The van der Waals surface area contributed by atoms with Gasteiger partial charge in [0.1, 0.15) is 0 Å². The van der Waals surface area contributed by atoms with Crippen molar-refractivity contribution in [2.75, 3.05) is 18.4 Å². The van der Waals surface area contributed by atoms with E-state index in [1.165, 1.54) is 0 Å². The standard InChI is InChI=1S/C21H19F6N3O/c22-20(23,24)15-7-13(8-16(10-15)21(25,26)27)18(3-5-28)19(31)30-17-2-1-12-4-6-29-11-14(12)9-17/h1-2,7-11,18H,3-6,28H2,(H,30,31). The fourth-order valence-electron chi connectivity index (χ4n) is 3.39. The lowest BCUT2D eigenvalue weighted by Crippen LogP contribution is -2.25. The lowest BCUT2D eigenvalue weighted by Gasteiger charge is -2.21. The van der Waals surface area contributed by atoms with Crippen molar-refractivity contribution in [2.45, 2.75) is 31.1 Å². The Kier molecular flexibility index (Phi) is 6.40. The molecule has 1 heterocycles. The molecule has 0 spiro atoms. The van der Waals surface area contributed by atoms with Crippen LogP contribution in [0.1, 0.15) is 40.2 Å². The molecule has 3 N–H and O–H groups in total. The molecule has 1 unspecified atom stereocenters. The van der Waals surface area contributed by atoms with E-state index in [1.807, 2.05) is 0 Å². The van der Waals surface area contributed by atoms with Crippen LogP contribution in [0, 0.1) is 0 Å². The minimum absolute atomic E-state index is 0.0315. The molecule has 0 radical (unpaired) electrons. The molecular weight excluding hydrogens is 424 g/mol. The molecule has 0 saturated carbocycles. The maximum Gasteiger partial charge on any atom is 0.416 e. The zero-order chi connectivity index (χ0) is 22.8. The Morgan fingerprint density at radius 3 is 2.26 bits per heavy atom. The number of halogens is 6. The van der Waals surface area contributed by atoms with E-state index in [0.29, 0.717) is 24.4 Å². The number of alkyl halides is 6. The minimum atomic E-state index is -5.00. The molecule has 31 heavy (non-hydrogen) atoms. The van der Waals surface area contributed by atoms with E-state index in [0.717, 1.165) is 17.5 Å². The number of amides is 1. The predicted octanol–water partition coefficient (Wildman–Crippen LogP) is 4.77. The Bertz CT molecular complexity index is 965. The molecule has 0 aromatic heterocycles. The second kappa shape index (κ2) is 8.70. The molecule has 4 nitrogen and oxygen atoms in total. The molecule has 2 aromatic rings. The first kappa shape index (κ1) is 22.8. The van der Waals surface area contributed by atoms with Crippen LogP contribution in [0.4, 0.5) is 32.0 Å². The second-order valence-electron chi connectivity index (χ2n) is 7.16. The highest BCUT2D eigenvalue weighted by atomic mass is 19.4. The summed E-state index contributed by atoms with van der Waals surface area (Å²) in [5.74, 6) is -2.04. The molecule has 2 aromatic carbocycles. The van der Waals surface area contributed by atoms with Crippen molar-refractivity contribution in [1.82, 2.24) is 0 Å². The van der Waals surface area contributed by atoms with Gasteiger partial charge in [-0.2, -0.15) is 26.3 Å². The highest BCUT2D eigenvalue weighted by Crippen LogP contribution is 2.38. The van der Waals surface area contributed by atoms with E-state index in [9.17, 15) is 31.1 Å². The van der Waals surface area contributed by atoms with Crippen LogP contribution in [0.5, 0.6) is 0 Å². The summed E-state index contributed by atoms with van der Waals surface area (Å²) >= 11 is 0. The average Bonchev–Trinajstić information content (AvgIpc) is 2.70. The number of anilines is 1. The van der Waals surface area contributed by atoms with E-state index in [-0.39, 0.29) is 19.0 Å². The molecule has 1 amide bonds. The number of nitrogens with two attached hydrogens (primary N) is 1. The smallest absolute Gasteiger partial charge is 0.330 e. The van der Waals surface area contributed by atoms with Crippen LogP contribution in [-0.2, 0) is 23.6 Å². The van der Waals surface area contributed by atoms with Gasteiger partial charge in [-0.05, 0) is 66.4 Å². The number of carbonyl (C=O) groups is 1.